The maximum atomic E-state index is 5.53. The standard InChI is InChI=1S/C6H10N4O/c1-11-10(8)6-5(7)3-2-4-9-6/h2-4H,7-8H2,1H3. The Labute approximate surface area is 64.5 Å². The monoisotopic (exact) mass is 154 g/mol. The van der Waals surface area contributed by atoms with E-state index >= 15 is 0 Å². The Morgan fingerprint density at radius 1 is 1.64 bits per heavy atom. The minimum atomic E-state index is 0.412. The molecule has 5 nitrogen and oxygen atoms in total. The fourth-order valence-electron chi connectivity index (χ4n) is 0.680. The third-order valence-electron chi connectivity index (χ3n) is 1.22. The van der Waals surface area contributed by atoms with Gasteiger partial charge in [-0.15, -0.1) is 0 Å². The molecule has 1 rings (SSSR count). The van der Waals surface area contributed by atoms with Gasteiger partial charge in [0.2, 0.25) is 0 Å². The first-order valence-corrected chi connectivity index (χ1v) is 3.05. The molecule has 0 atom stereocenters. The van der Waals surface area contributed by atoms with Gasteiger partial charge in [-0.3, -0.25) is 4.84 Å². The van der Waals surface area contributed by atoms with Crippen molar-refractivity contribution in [2.45, 2.75) is 0 Å². The molecule has 0 amide bonds. The SMILES string of the molecule is CON(N)c1ncccc1N. The van der Waals surface area contributed by atoms with Crippen molar-refractivity contribution >= 4 is 11.5 Å². The molecule has 0 unspecified atom stereocenters. The molecule has 0 spiro atoms. The molecule has 0 radical (unpaired) electrons. The molecular weight excluding hydrogens is 144 g/mol. The molecule has 5 heteroatoms. The van der Waals surface area contributed by atoms with Crippen molar-refractivity contribution in [3.8, 4) is 0 Å². The van der Waals surface area contributed by atoms with Crippen LogP contribution in [0.25, 0.3) is 0 Å². The van der Waals surface area contributed by atoms with Gasteiger partial charge in [0.15, 0.2) is 5.82 Å². The van der Waals surface area contributed by atoms with Crippen LogP contribution in [-0.2, 0) is 4.84 Å². The average Bonchev–Trinajstić information content (AvgIpc) is 2.04. The Kier molecular flexibility index (Phi) is 2.25. The molecule has 1 aromatic rings. The van der Waals surface area contributed by atoms with Crippen molar-refractivity contribution in [2.75, 3.05) is 18.0 Å². The number of hydrazine groups is 1. The molecule has 60 valence electrons. The predicted molar refractivity (Wildman–Crippen MR) is 42.3 cm³/mol. The predicted octanol–water partition coefficient (Wildman–Crippen LogP) is -0.0947. The number of nitrogen functional groups attached to an aromatic ring is 1. The molecule has 0 saturated carbocycles. The summed E-state index contributed by atoms with van der Waals surface area (Å²) in [6.45, 7) is 0. The highest BCUT2D eigenvalue weighted by Crippen LogP contribution is 2.15. The lowest BCUT2D eigenvalue weighted by atomic mass is 10.4. The van der Waals surface area contributed by atoms with Gasteiger partial charge in [0.1, 0.15) is 0 Å². The number of pyridine rings is 1. The van der Waals surface area contributed by atoms with Crippen LogP contribution in [0, 0.1) is 0 Å². The summed E-state index contributed by atoms with van der Waals surface area (Å²) in [5.41, 5.74) is 6.02. The summed E-state index contributed by atoms with van der Waals surface area (Å²) in [7, 11) is 1.44. The highest BCUT2D eigenvalue weighted by molar-refractivity contribution is 5.59. The van der Waals surface area contributed by atoms with Crippen LogP contribution in [0.1, 0.15) is 0 Å². The fourth-order valence-corrected chi connectivity index (χ4v) is 0.680. The second-order valence-corrected chi connectivity index (χ2v) is 1.92. The summed E-state index contributed by atoms with van der Waals surface area (Å²) in [6.07, 6.45) is 1.59. The second-order valence-electron chi connectivity index (χ2n) is 1.92. The summed E-state index contributed by atoms with van der Waals surface area (Å²) >= 11 is 0. The molecule has 0 aliphatic rings. The first kappa shape index (κ1) is 7.77. The lowest BCUT2D eigenvalue weighted by molar-refractivity contribution is 0.166. The van der Waals surface area contributed by atoms with E-state index < -0.39 is 0 Å². The fraction of sp³-hybridized carbons (Fsp3) is 0.167. The molecule has 11 heavy (non-hydrogen) atoms. The van der Waals surface area contributed by atoms with Crippen LogP contribution in [0.4, 0.5) is 11.5 Å². The Morgan fingerprint density at radius 2 is 2.36 bits per heavy atom. The van der Waals surface area contributed by atoms with E-state index in [9.17, 15) is 0 Å². The van der Waals surface area contributed by atoms with Gasteiger partial charge in [-0.05, 0) is 12.1 Å². The normalized spacial score (nSPS) is 9.64. The van der Waals surface area contributed by atoms with E-state index in [1.54, 1.807) is 18.3 Å². The van der Waals surface area contributed by atoms with Crippen molar-refractivity contribution < 1.29 is 4.84 Å². The number of aromatic nitrogens is 1. The van der Waals surface area contributed by atoms with Gasteiger partial charge < -0.3 is 5.73 Å². The maximum absolute atomic E-state index is 5.53. The summed E-state index contributed by atoms with van der Waals surface area (Å²) in [5, 5.41) is 1.01. The highest BCUT2D eigenvalue weighted by atomic mass is 16.7. The van der Waals surface area contributed by atoms with E-state index in [4.69, 9.17) is 11.6 Å². The molecule has 0 bridgehead atoms. The number of anilines is 2. The van der Waals surface area contributed by atoms with Crippen LogP contribution in [-0.4, -0.2) is 12.1 Å². The smallest absolute Gasteiger partial charge is 0.193 e. The molecule has 4 N–H and O–H groups in total. The number of nitrogens with zero attached hydrogens (tertiary/aromatic N) is 2. The zero-order valence-electron chi connectivity index (χ0n) is 6.19. The van der Waals surface area contributed by atoms with Crippen LogP contribution >= 0.6 is 0 Å². The molecule has 0 aromatic carbocycles. The van der Waals surface area contributed by atoms with Gasteiger partial charge in [-0.1, -0.05) is 0 Å². The van der Waals surface area contributed by atoms with Crippen molar-refractivity contribution in [3.05, 3.63) is 18.3 Å². The van der Waals surface area contributed by atoms with E-state index in [2.05, 4.69) is 9.82 Å². The van der Waals surface area contributed by atoms with E-state index in [0.717, 1.165) is 5.17 Å². The number of hydrogen-bond acceptors (Lipinski definition) is 5. The minimum absolute atomic E-state index is 0.412. The minimum Gasteiger partial charge on any atom is -0.396 e. The quantitative estimate of drug-likeness (QED) is 0.459. The van der Waals surface area contributed by atoms with Crippen LogP contribution in [0.3, 0.4) is 0 Å². The largest absolute Gasteiger partial charge is 0.396 e. The Hall–Kier alpha value is -1.33. The maximum Gasteiger partial charge on any atom is 0.193 e. The first-order valence-electron chi connectivity index (χ1n) is 3.05. The summed E-state index contributed by atoms with van der Waals surface area (Å²) in [6, 6.07) is 3.42. The second kappa shape index (κ2) is 3.18. The van der Waals surface area contributed by atoms with Crippen molar-refractivity contribution in [1.29, 1.82) is 0 Å². The molecule has 0 aliphatic carbocycles. The molecule has 1 heterocycles. The number of nitrogens with two attached hydrogens (primary N) is 2. The van der Waals surface area contributed by atoms with Gasteiger partial charge in [-0.25, -0.2) is 10.8 Å². The van der Waals surface area contributed by atoms with Crippen LogP contribution in [0.2, 0.25) is 0 Å². The van der Waals surface area contributed by atoms with Gasteiger partial charge in [0.25, 0.3) is 0 Å². The lowest BCUT2D eigenvalue weighted by Gasteiger charge is -2.14. The van der Waals surface area contributed by atoms with Crippen molar-refractivity contribution in [2.24, 2.45) is 5.84 Å². The number of hydrogen-bond donors (Lipinski definition) is 2. The Morgan fingerprint density at radius 3 is 2.91 bits per heavy atom. The van der Waals surface area contributed by atoms with E-state index in [0.29, 0.717) is 11.5 Å². The zero-order valence-corrected chi connectivity index (χ0v) is 6.19. The van der Waals surface area contributed by atoms with Crippen LogP contribution in [0.15, 0.2) is 18.3 Å². The van der Waals surface area contributed by atoms with Crippen LogP contribution < -0.4 is 16.7 Å². The molecule has 0 aliphatic heterocycles. The van der Waals surface area contributed by atoms with E-state index in [-0.39, 0.29) is 0 Å². The third kappa shape index (κ3) is 1.57. The molecular formula is C6H10N4O. The summed E-state index contributed by atoms with van der Waals surface area (Å²) in [4.78, 5) is 8.59. The van der Waals surface area contributed by atoms with E-state index in [1.807, 2.05) is 0 Å². The lowest BCUT2D eigenvalue weighted by Crippen LogP contribution is -2.30. The third-order valence-corrected chi connectivity index (χ3v) is 1.22. The number of rotatable bonds is 2. The Bertz CT molecular complexity index is 240. The average molecular weight is 154 g/mol. The molecule has 0 saturated heterocycles. The molecule has 1 aromatic heterocycles. The van der Waals surface area contributed by atoms with Gasteiger partial charge in [-0.2, -0.15) is 5.17 Å². The molecule has 0 fully saturated rings. The zero-order chi connectivity index (χ0) is 8.27. The highest BCUT2D eigenvalue weighted by Gasteiger charge is 2.03. The van der Waals surface area contributed by atoms with Crippen molar-refractivity contribution in [1.82, 2.24) is 4.98 Å². The Balaban J connectivity index is 2.93. The van der Waals surface area contributed by atoms with Gasteiger partial charge in [0.05, 0.1) is 12.8 Å². The summed E-state index contributed by atoms with van der Waals surface area (Å²) < 4.78 is 0. The van der Waals surface area contributed by atoms with Gasteiger partial charge in [0, 0.05) is 6.20 Å². The topological polar surface area (TPSA) is 77.4 Å². The van der Waals surface area contributed by atoms with Crippen molar-refractivity contribution in [3.63, 3.8) is 0 Å². The summed E-state index contributed by atoms with van der Waals surface area (Å²) in [5.74, 6) is 5.78. The van der Waals surface area contributed by atoms with Gasteiger partial charge >= 0.3 is 0 Å². The first-order chi connectivity index (χ1) is 5.25. The van der Waals surface area contributed by atoms with Crippen LogP contribution in [0.5, 0.6) is 0 Å². The van der Waals surface area contributed by atoms with E-state index in [1.165, 1.54) is 7.11 Å².